The van der Waals surface area contributed by atoms with Crippen molar-refractivity contribution in [3.05, 3.63) is 21.8 Å². The molecular formula is C8H7Cl2NO3. The number of carbonyl (C=O) groups excluding carboxylic acids is 2. The molecule has 14 heavy (non-hydrogen) atoms. The van der Waals surface area contributed by atoms with Gasteiger partial charge in [0.05, 0.1) is 10.6 Å². The molecule has 1 rings (SSSR count). The first-order valence-corrected chi connectivity index (χ1v) is 4.39. The summed E-state index contributed by atoms with van der Waals surface area (Å²) in [7, 11) is 3.41. The Morgan fingerprint density at radius 1 is 1.14 bits per heavy atom. The maximum Gasteiger partial charge on any atom is 0.359 e. The lowest BCUT2D eigenvalue weighted by Gasteiger charge is -2.15. The smallest absolute Gasteiger partial charge is 0.359 e. The molecule has 0 saturated carbocycles. The van der Waals surface area contributed by atoms with Crippen molar-refractivity contribution < 1.29 is 14.3 Å². The standard InChI is InChI=1S/C8H7Cl2NO3/c1-11(2)3-4-5(9)6(10)8(13)14-7(4)12/h3H,1-2H3/b4-3+. The van der Waals surface area contributed by atoms with Gasteiger partial charge in [-0.25, -0.2) is 9.59 Å². The Kier molecular flexibility index (Phi) is 3.18. The first-order valence-electron chi connectivity index (χ1n) is 3.64. The van der Waals surface area contributed by atoms with Gasteiger partial charge >= 0.3 is 11.9 Å². The Morgan fingerprint density at radius 2 is 1.71 bits per heavy atom. The van der Waals surface area contributed by atoms with E-state index in [1.54, 1.807) is 19.0 Å². The summed E-state index contributed by atoms with van der Waals surface area (Å²) in [6.45, 7) is 0. The Balaban J connectivity index is 3.19. The Labute approximate surface area is 90.7 Å². The van der Waals surface area contributed by atoms with Gasteiger partial charge in [-0.3, -0.25) is 0 Å². The lowest BCUT2D eigenvalue weighted by atomic mass is 10.2. The second-order valence-corrected chi connectivity index (χ2v) is 3.57. The maximum atomic E-state index is 11.2. The number of rotatable bonds is 1. The average molecular weight is 236 g/mol. The molecule has 0 aliphatic carbocycles. The molecule has 1 aliphatic heterocycles. The van der Waals surface area contributed by atoms with Gasteiger partial charge in [0, 0.05) is 20.3 Å². The summed E-state index contributed by atoms with van der Waals surface area (Å²) in [4.78, 5) is 23.7. The van der Waals surface area contributed by atoms with Crippen LogP contribution in [0.2, 0.25) is 0 Å². The molecular weight excluding hydrogens is 229 g/mol. The number of nitrogens with zero attached hydrogens (tertiary/aromatic N) is 1. The van der Waals surface area contributed by atoms with Crippen LogP contribution in [0.5, 0.6) is 0 Å². The number of carbonyl (C=O) groups is 2. The van der Waals surface area contributed by atoms with Crippen molar-refractivity contribution >= 4 is 35.1 Å². The van der Waals surface area contributed by atoms with Crippen molar-refractivity contribution in [2.24, 2.45) is 0 Å². The molecule has 0 amide bonds. The number of halogens is 2. The van der Waals surface area contributed by atoms with Gasteiger partial charge in [-0.05, 0) is 0 Å². The van der Waals surface area contributed by atoms with Gasteiger partial charge in [0.15, 0.2) is 0 Å². The first kappa shape index (κ1) is 11.1. The molecule has 0 aromatic rings. The number of cyclic esters (lactones) is 2. The minimum Gasteiger partial charge on any atom is -0.385 e. The molecule has 1 aliphatic rings. The molecule has 0 unspecified atom stereocenters. The fourth-order valence-electron chi connectivity index (χ4n) is 0.849. The minimum absolute atomic E-state index is 0.0706. The molecule has 0 saturated heterocycles. The van der Waals surface area contributed by atoms with Crippen LogP contribution in [0.4, 0.5) is 0 Å². The van der Waals surface area contributed by atoms with Gasteiger partial charge in [0.2, 0.25) is 0 Å². The zero-order valence-corrected chi connectivity index (χ0v) is 9.02. The van der Waals surface area contributed by atoms with Crippen LogP contribution in [0.3, 0.4) is 0 Å². The normalized spacial score (nSPS) is 20.1. The molecule has 0 spiro atoms. The van der Waals surface area contributed by atoms with Crippen LogP contribution in [-0.4, -0.2) is 30.9 Å². The summed E-state index contributed by atoms with van der Waals surface area (Å²) < 4.78 is 4.34. The molecule has 6 heteroatoms. The number of esters is 2. The monoisotopic (exact) mass is 235 g/mol. The largest absolute Gasteiger partial charge is 0.385 e. The van der Waals surface area contributed by atoms with Crippen molar-refractivity contribution in [1.82, 2.24) is 4.90 Å². The van der Waals surface area contributed by atoms with Gasteiger partial charge in [0.1, 0.15) is 5.03 Å². The van der Waals surface area contributed by atoms with Crippen LogP contribution < -0.4 is 0 Å². The summed E-state index contributed by atoms with van der Waals surface area (Å²) in [5.41, 5.74) is 0.0706. The molecule has 76 valence electrons. The zero-order valence-electron chi connectivity index (χ0n) is 7.51. The van der Waals surface area contributed by atoms with E-state index in [0.29, 0.717) is 0 Å². The third-order valence-electron chi connectivity index (χ3n) is 1.40. The topological polar surface area (TPSA) is 46.6 Å². The number of hydrogen-bond donors (Lipinski definition) is 0. The summed E-state index contributed by atoms with van der Waals surface area (Å²) >= 11 is 11.2. The lowest BCUT2D eigenvalue weighted by Crippen LogP contribution is -2.22. The van der Waals surface area contributed by atoms with E-state index in [0.717, 1.165) is 0 Å². The van der Waals surface area contributed by atoms with E-state index in [1.165, 1.54) is 6.20 Å². The van der Waals surface area contributed by atoms with Crippen LogP contribution >= 0.6 is 23.2 Å². The van der Waals surface area contributed by atoms with Gasteiger partial charge < -0.3 is 9.64 Å². The van der Waals surface area contributed by atoms with Crippen molar-refractivity contribution in [3.8, 4) is 0 Å². The molecule has 0 aromatic carbocycles. The van der Waals surface area contributed by atoms with Crippen LogP contribution in [-0.2, 0) is 14.3 Å². The quantitative estimate of drug-likeness (QED) is 0.390. The molecule has 0 aromatic heterocycles. The average Bonchev–Trinajstić information content (AvgIpc) is 2.09. The van der Waals surface area contributed by atoms with Gasteiger partial charge in [-0.2, -0.15) is 0 Å². The summed E-state index contributed by atoms with van der Waals surface area (Å²) in [6, 6.07) is 0. The fraction of sp³-hybridized carbons (Fsp3) is 0.250. The highest BCUT2D eigenvalue weighted by Crippen LogP contribution is 2.28. The van der Waals surface area contributed by atoms with E-state index >= 15 is 0 Å². The third-order valence-corrected chi connectivity index (χ3v) is 2.23. The van der Waals surface area contributed by atoms with Crippen LogP contribution in [0.1, 0.15) is 0 Å². The Hall–Kier alpha value is -1.00. The molecule has 1 heterocycles. The van der Waals surface area contributed by atoms with E-state index in [2.05, 4.69) is 4.74 Å². The first-order chi connectivity index (χ1) is 6.43. The predicted molar refractivity (Wildman–Crippen MR) is 51.6 cm³/mol. The second kappa shape index (κ2) is 4.02. The van der Waals surface area contributed by atoms with Crippen LogP contribution in [0.25, 0.3) is 0 Å². The van der Waals surface area contributed by atoms with E-state index in [4.69, 9.17) is 23.2 Å². The van der Waals surface area contributed by atoms with Gasteiger partial charge in [-0.1, -0.05) is 23.2 Å². The number of hydrogen-bond acceptors (Lipinski definition) is 4. The molecule has 0 atom stereocenters. The highest BCUT2D eigenvalue weighted by atomic mass is 35.5. The molecule has 0 fully saturated rings. The Bertz CT molecular complexity index is 358. The summed E-state index contributed by atoms with van der Waals surface area (Å²) in [5.74, 6) is -1.71. The van der Waals surface area contributed by atoms with Crippen molar-refractivity contribution in [1.29, 1.82) is 0 Å². The van der Waals surface area contributed by atoms with E-state index in [1.807, 2.05) is 0 Å². The van der Waals surface area contributed by atoms with Crippen LogP contribution in [0.15, 0.2) is 21.8 Å². The van der Waals surface area contributed by atoms with E-state index < -0.39 is 11.9 Å². The number of ether oxygens (including phenoxy) is 1. The summed E-state index contributed by atoms with van der Waals surface area (Å²) in [6.07, 6.45) is 1.43. The molecule has 4 nitrogen and oxygen atoms in total. The maximum absolute atomic E-state index is 11.2. The van der Waals surface area contributed by atoms with E-state index in [9.17, 15) is 9.59 Å². The van der Waals surface area contributed by atoms with Gasteiger partial charge in [0.25, 0.3) is 0 Å². The fourth-order valence-corrected chi connectivity index (χ4v) is 1.19. The van der Waals surface area contributed by atoms with Crippen molar-refractivity contribution in [2.45, 2.75) is 0 Å². The molecule has 0 N–H and O–H groups in total. The van der Waals surface area contributed by atoms with Crippen LogP contribution in [0, 0.1) is 0 Å². The second-order valence-electron chi connectivity index (χ2n) is 2.81. The Morgan fingerprint density at radius 3 is 2.21 bits per heavy atom. The third kappa shape index (κ3) is 2.08. The highest BCUT2D eigenvalue weighted by Gasteiger charge is 2.30. The summed E-state index contributed by atoms with van der Waals surface area (Å²) in [5, 5.41) is -0.360. The van der Waals surface area contributed by atoms with Gasteiger partial charge in [-0.15, -0.1) is 0 Å². The molecule has 0 bridgehead atoms. The minimum atomic E-state index is -0.919. The van der Waals surface area contributed by atoms with Crippen molar-refractivity contribution in [2.75, 3.05) is 14.1 Å². The van der Waals surface area contributed by atoms with E-state index in [-0.39, 0.29) is 15.6 Å². The van der Waals surface area contributed by atoms with Crippen molar-refractivity contribution in [3.63, 3.8) is 0 Å². The molecule has 0 radical (unpaired) electrons. The highest BCUT2D eigenvalue weighted by molar-refractivity contribution is 6.51. The SMILES string of the molecule is CN(C)/C=C1/C(=O)OC(=O)C(Cl)=C1Cl. The zero-order chi connectivity index (χ0) is 10.9. The predicted octanol–water partition coefficient (Wildman–Crippen LogP) is 1.20. The lowest BCUT2D eigenvalue weighted by molar-refractivity contribution is -0.154.